The number of aromatic amines is 1. The number of carbonyl (C=O) groups excluding carboxylic acids is 8. The number of rotatable bonds is 4. The molecule has 0 unspecified atom stereocenters. The summed E-state index contributed by atoms with van der Waals surface area (Å²) in [5.41, 5.74) is 4.57. The first kappa shape index (κ1) is 32.1. The van der Waals surface area contributed by atoms with Gasteiger partial charge in [0.25, 0.3) is 23.6 Å². The number of nitrogens with one attached hydrogen (secondary N) is 1. The number of cyclic esters (lactones) is 4. The molecule has 0 spiro atoms. The molecule has 0 saturated heterocycles. The molecule has 270 valence electrons. The van der Waals surface area contributed by atoms with Gasteiger partial charge in [0, 0.05) is 21.8 Å². The van der Waals surface area contributed by atoms with Gasteiger partial charge < -0.3 is 14.5 Å². The number of imide groups is 2. The second-order valence-corrected chi connectivity index (χ2v) is 13.8. The van der Waals surface area contributed by atoms with Crippen molar-refractivity contribution in [2.75, 3.05) is 9.80 Å². The summed E-state index contributed by atoms with van der Waals surface area (Å²) in [5.74, 6) is -5.37. The molecule has 57 heavy (non-hydrogen) atoms. The summed E-state index contributed by atoms with van der Waals surface area (Å²) < 4.78 is 9.51. The molecular formula is C44H19N3O10. The molecule has 0 saturated carbocycles. The highest BCUT2D eigenvalue weighted by atomic mass is 16.6. The number of amides is 4. The summed E-state index contributed by atoms with van der Waals surface area (Å²) in [6.45, 7) is 0. The number of esters is 4. The topological polar surface area (TPSA) is 177 Å². The van der Waals surface area contributed by atoms with Gasteiger partial charge in [-0.05, 0) is 95.1 Å². The van der Waals surface area contributed by atoms with Crippen LogP contribution in [-0.4, -0.2) is 52.5 Å². The number of H-pyrrole nitrogens is 1. The molecule has 1 aromatic heterocycles. The van der Waals surface area contributed by atoms with Crippen LogP contribution in [0.15, 0.2) is 109 Å². The summed E-state index contributed by atoms with van der Waals surface area (Å²) >= 11 is 0. The van der Waals surface area contributed by atoms with E-state index >= 15 is 0 Å². The van der Waals surface area contributed by atoms with E-state index in [9.17, 15) is 38.4 Å². The lowest BCUT2D eigenvalue weighted by atomic mass is 9.94. The Bertz CT molecular complexity index is 3210. The van der Waals surface area contributed by atoms with Crippen molar-refractivity contribution in [2.45, 2.75) is 0 Å². The average Bonchev–Trinajstić information content (AvgIpc) is 3.96. The fourth-order valence-corrected chi connectivity index (χ4v) is 8.18. The lowest BCUT2D eigenvalue weighted by Crippen LogP contribution is -2.29. The van der Waals surface area contributed by atoms with E-state index in [1.807, 2.05) is 0 Å². The lowest BCUT2D eigenvalue weighted by Gasteiger charge is -2.15. The standard InChI is InChI=1S/C44H19N3O10/c48-37-25-11-7-19(24-4-2-6-28-36(24)44(55)57-42(28)53)15-31(25)39(50)46(37)21-9-13-33-29(17-21)30-18-22(10-14-34(30)45-33)47-38(49)27-5-1-3-23(35(27)40(47)51)20-8-12-26-32(16-20)43(54)56-41(26)52/h1-18,45H. The fourth-order valence-electron chi connectivity index (χ4n) is 8.18. The highest BCUT2D eigenvalue weighted by Gasteiger charge is 2.41. The van der Waals surface area contributed by atoms with Gasteiger partial charge in [-0.1, -0.05) is 36.4 Å². The van der Waals surface area contributed by atoms with Gasteiger partial charge in [-0.15, -0.1) is 0 Å². The first-order chi connectivity index (χ1) is 27.6. The van der Waals surface area contributed by atoms with E-state index in [1.54, 1.807) is 78.9 Å². The molecule has 0 radical (unpaired) electrons. The van der Waals surface area contributed by atoms with E-state index in [0.717, 1.165) is 9.80 Å². The van der Waals surface area contributed by atoms with Crippen molar-refractivity contribution in [3.05, 3.63) is 154 Å². The third kappa shape index (κ3) is 4.32. The van der Waals surface area contributed by atoms with E-state index in [2.05, 4.69) is 4.98 Å². The summed E-state index contributed by atoms with van der Waals surface area (Å²) in [5, 5.41) is 1.22. The van der Waals surface area contributed by atoms with Crippen LogP contribution in [0.5, 0.6) is 0 Å². The zero-order valence-corrected chi connectivity index (χ0v) is 28.9. The van der Waals surface area contributed by atoms with E-state index < -0.39 is 47.5 Å². The smallest absolute Gasteiger partial charge is 0.347 e. The number of nitrogens with zero attached hydrogens (tertiary/aromatic N) is 2. The summed E-state index contributed by atoms with van der Waals surface area (Å²) in [7, 11) is 0. The van der Waals surface area contributed by atoms with Gasteiger partial charge in [0.1, 0.15) is 0 Å². The molecule has 4 aliphatic rings. The summed E-state index contributed by atoms with van der Waals surface area (Å²) in [4.78, 5) is 110. The zero-order chi connectivity index (χ0) is 39.0. The Morgan fingerprint density at radius 1 is 0.368 bits per heavy atom. The van der Waals surface area contributed by atoms with Crippen LogP contribution < -0.4 is 9.80 Å². The molecule has 0 bridgehead atoms. The number of fused-ring (bicyclic) bond motifs is 7. The Hall–Kier alpha value is -8.32. The minimum absolute atomic E-state index is 0.0702. The van der Waals surface area contributed by atoms with Crippen LogP contribution in [0, 0.1) is 0 Å². The van der Waals surface area contributed by atoms with Crippen LogP contribution in [0.4, 0.5) is 11.4 Å². The third-order valence-corrected chi connectivity index (χ3v) is 10.8. The minimum atomic E-state index is -0.791. The van der Waals surface area contributed by atoms with Crippen molar-refractivity contribution in [3.63, 3.8) is 0 Å². The molecular weight excluding hydrogens is 730 g/mol. The maximum atomic E-state index is 14.1. The Labute approximate surface area is 318 Å². The zero-order valence-electron chi connectivity index (χ0n) is 28.9. The van der Waals surface area contributed by atoms with Crippen molar-refractivity contribution < 1.29 is 47.8 Å². The SMILES string of the molecule is O=C1OC(=O)c2cc(-c3cccc4c3C(=O)N(c3ccc5[nH]c6ccc(N7C(=O)c8ccc(-c9cccc%10c9C(=O)OC%10=O)cc8C7=O)cc6c5c3)C4=O)ccc21. The van der Waals surface area contributed by atoms with Crippen molar-refractivity contribution in [1.29, 1.82) is 0 Å². The molecule has 13 heteroatoms. The molecule has 4 amide bonds. The summed E-state index contributed by atoms with van der Waals surface area (Å²) in [6, 6.07) is 28.8. The van der Waals surface area contributed by atoms with Gasteiger partial charge in [0.2, 0.25) is 0 Å². The molecule has 1 N–H and O–H groups in total. The van der Waals surface area contributed by atoms with E-state index in [4.69, 9.17) is 9.47 Å². The number of ether oxygens (including phenoxy) is 2. The van der Waals surface area contributed by atoms with Gasteiger partial charge >= 0.3 is 23.9 Å². The fraction of sp³-hybridized carbons (Fsp3) is 0. The van der Waals surface area contributed by atoms with Crippen LogP contribution in [0.25, 0.3) is 44.1 Å². The molecule has 13 nitrogen and oxygen atoms in total. The third-order valence-electron chi connectivity index (χ3n) is 10.8. The molecule has 7 aromatic rings. The molecule has 0 fully saturated rings. The Kier molecular flexibility index (Phi) is 6.27. The normalized spacial score (nSPS) is 15.5. The highest BCUT2D eigenvalue weighted by Crippen LogP contribution is 2.40. The molecule has 11 rings (SSSR count). The predicted octanol–water partition coefficient (Wildman–Crippen LogP) is 6.88. The lowest BCUT2D eigenvalue weighted by molar-refractivity contribution is 0.0426. The van der Waals surface area contributed by atoms with E-state index in [-0.39, 0.29) is 55.9 Å². The van der Waals surface area contributed by atoms with Crippen molar-refractivity contribution >= 4 is 80.7 Å². The highest BCUT2D eigenvalue weighted by molar-refractivity contribution is 6.37. The first-order valence-corrected chi connectivity index (χ1v) is 17.5. The van der Waals surface area contributed by atoms with Gasteiger partial charge in [-0.3, -0.25) is 19.2 Å². The quantitative estimate of drug-likeness (QED) is 0.113. The number of hydrogen-bond acceptors (Lipinski definition) is 10. The maximum absolute atomic E-state index is 14.1. The Morgan fingerprint density at radius 2 is 0.860 bits per heavy atom. The maximum Gasteiger partial charge on any atom is 0.347 e. The second kappa shape index (κ2) is 11.1. The van der Waals surface area contributed by atoms with E-state index in [0.29, 0.717) is 44.1 Å². The predicted molar refractivity (Wildman–Crippen MR) is 201 cm³/mol. The number of aromatic nitrogens is 1. The van der Waals surface area contributed by atoms with Crippen molar-refractivity contribution in [2.24, 2.45) is 0 Å². The first-order valence-electron chi connectivity index (χ1n) is 17.5. The van der Waals surface area contributed by atoms with Crippen LogP contribution >= 0.6 is 0 Å². The second-order valence-electron chi connectivity index (χ2n) is 13.8. The van der Waals surface area contributed by atoms with Crippen LogP contribution in [0.1, 0.15) is 82.9 Å². The Morgan fingerprint density at radius 3 is 1.54 bits per heavy atom. The molecule has 6 aromatic carbocycles. The number of hydrogen-bond donors (Lipinski definition) is 1. The van der Waals surface area contributed by atoms with Gasteiger partial charge in [0.05, 0.1) is 55.9 Å². The van der Waals surface area contributed by atoms with Crippen LogP contribution in [0.2, 0.25) is 0 Å². The van der Waals surface area contributed by atoms with Gasteiger partial charge in [-0.2, -0.15) is 0 Å². The molecule has 0 atom stereocenters. The molecule has 5 heterocycles. The van der Waals surface area contributed by atoms with Gasteiger partial charge in [-0.25, -0.2) is 29.0 Å². The molecule has 0 aliphatic carbocycles. The largest absolute Gasteiger partial charge is 0.386 e. The van der Waals surface area contributed by atoms with Crippen LogP contribution in [-0.2, 0) is 9.47 Å². The van der Waals surface area contributed by atoms with Gasteiger partial charge in [0.15, 0.2) is 0 Å². The monoisotopic (exact) mass is 749 g/mol. The van der Waals surface area contributed by atoms with Crippen LogP contribution in [0.3, 0.4) is 0 Å². The molecule has 4 aliphatic heterocycles. The average molecular weight is 750 g/mol. The van der Waals surface area contributed by atoms with E-state index in [1.165, 1.54) is 30.3 Å². The van der Waals surface area contributed by atoms with Crippen molar-refractivity contribution in [1.82, 2.24) is 4.98 Å². The minimum Gasteiger partial charge on any atom is -0.386 e. The Balaban J connectivity index is 0.947. The number of anilines is 2. The van der Waals surface area contributed by atoms with Crippen molar-refractivity contribution in [3.8, 4) is 22.3 Å². The summed E-state index contributed by atoms with van der Waals surface area (Å²) in [6.07, 6.45) is 0. The number of benzene rings is 6. The number of carbonyl (C=O) groups is 8.